The highest BCUT2D eigenvalue weighted by Crippen LogP contribution is 2.19. The molecule has 1 amide bonds. The maximum Gasteiger partial charge on any atom is 0.253 e. The van der Waals surface area contributed by atoms with E-state index in [1.165, 1.54) is 0 Å². The van der Waals surface area contributed by atoms with E-state index >= 15 is 0 Å². The number of carbonyl (C=O) groups excluding carboxylic acids is 1. The highest BCUT2D eigenvalue weighted by atomic mass is 16.5. The van der Waals surface area contributed by atoms with Crippen LogP contribution in [-0.4, -0.2) is 38.1 Å². The van der Waals surface area contributed by atoms with E-state index in [2.05, 4.69) is 11.8 Å². The van der Waals surface area contributed by atoms with Crippen molar-refractivity contribution >= 4 is 5.91 Å². The van der Waals surface area contributed by atoms with Crippen LogP contribution in [0.4, 0.5) is 0 Å². The number of nitrogens with zero attached hydrogens (tertiary/aromatic N) is 1. The van der Waals surface area contributed by atoms with Crippen molar-refractivity contribution in [3.05, 3.63) is 29.3 Å². The average molecular weight is 246 g/mol. The molecule has 0 saturated carbocycles. The highest BCUT2D eigenvalue weighted by molar-refractivity contribution is 5.94. The quantitative estimate of drug-likeness (QED) is 0.812. The van der Waals surface area contributed by atoms with E-state index in [1.54, 1.807) is 37.3 Å². The van der Waals surface area contributed by atoms with Crippen LogP contribution in [0, 0.1) is 11.8 Å². The van der Waals surface area contributed by atoms with Crippen molar-refractivity contribution in [2.24, 2.45) is 5.73 Å². The summed E-state index contributed by atoms with van der Waals surface area (Å²) in [4.78, 5) is 13.7. The predicted molar refractivity (Wildman–Crippen MR) is 71.6 cm³/mol. The molecule has 0 atom stereocenters. The molecular formula is C14H18N2O2. The lowest BCUT2D eigenvalue weighted by Gasteiger charge is -2.15. The number of amides is 1. The Labute approximate surface area is 108 Å². The molecule has 0 aliphatic carbocycles. The van der Waals surface area contributed by atoms with Gasteiger partial charge in [0.05, 0.1) is 19.2 Å². The van der Waals surface area contributed by atoms with E-state index in [0.29, 0.717) is 23.4 Å². The molecule has 0 spiro atoms. The largest absolute Gasteiger partial charge is 0.495 e. The Kier molecular flexibility index (Phi) is 5.22. The molecule has 0 fully saturated rings. The molecule has 4 heteroatoms. The van der Waals surface area contributed by atoms with Gasteiger partial charge in [-0.15, -0.1) is 0 Å². The summed E-state index contributed by atoms with van der Waals surface area (Å²) in [5.74, 6) is 6.28. The van der Waals surface area contributed by atoms with Crippen LogP contribution in [0.15, 0.2) is 18.2 Å². The second-order valence-corrected chi connectivity index (χ2v) is 3.74. The number of methoxy groups -OCH3 is 1. The SMILES string of the molecule is CCN(C)C(=O)c1ccc(OC)c(C#CCN)c1. The van der Waals surface area contributed by atoms with Gasteiger partial charge in [-0.2, -0.15) is 0 Å². The summed E-state index contributed by atoms with van der Waals surface area (Å²) in [7, 11) is 3.33. The minimum absolute atomic E-state index is 0.0315. The van der Waals surface area contributed by atoms with E-state index in [4.69, 9.17) is 10.5 Å². The number of rotatable bonds is 3. The maximum atomic E-state index is 12.0. The first kappa shape index (κ1) is 14.1. The third kappa shape index (κ3) is 3.25. The zero-order valence-corrected chi connectivity index (χ0v) is 11.0. The third-order valence-electron chi connectivity index (χ3n) is 2.59. The fourth-order valence-corrected chi connectivity index (χ4v) is 1.45. The molecule has 4 nitrogen and oxygen atoms in total. The van der Waals surface area contributed by atoms with Gasteiger partial charge in [0.1, 0.15) is 5.75 Å². The molecule has 96 valence electrons. The van der Waals surface area contributed by atoms with Crippen molar-refractivity contribution in [1.82, 2.24) is 4.90 Å². The zero-order valence-electron chi connectivity index (χ0n) is 11.0. The van der Waals surface area contributed by atoms with Gasteiger partial charge in [0, 0.05) is 19.2 Å². The molecule has 0 radical (unpaired) electrons. The van der Waals surface area contributed by atoms with E-state index in [-0.39, 0.29) is 12.5 Å². The molecule has 1 aromatic rings. The lowest BCUT2D eigenvalue weighted by atomic mass is 10.1. The molecule has 0 aliphatic rings. The lowest BCUT2D eigenvalue weighted by Crippen LogP contribution is -2.26. The van der Waals surface area contributed by atoms with Crippen molar-refractivity contribution < 1.29 is 9.53 Å². The molecule has 0 bridgehead atoms. The van der Waals surface area contributed by atoms with Gasteiger partial charge >= 0.3 is 0 Å². The van der Waals surface area contributed by atoms with Crippen LogP contribution >= 0.6 is 0 Å². The van der Waals surface area contributed by atoms with E-state index < -0.39 is 0 Å². The first-order chi connectivity index (χ1) is 8.63. The predicted octanol–water partition coefficient (Wildman–Crippen LogP) is 1.10. The fourth-order valence-electron chi connectivity index (χ4n) is 1.45. The summed E-state index contributed by atoms with van der Waals surface area (Å²) in [6.07, 6.45) is 0. The lowest BCUT2D eigenvalue weighted by molar-refractivity contribution is 0.0802. The van der Waals surface area contributed by atoms with Crippen molar-refractivity contribution in [1.29, 1.82) is 0 Å². The summed E-state index contributed by atoms with van der Waals surface area (Å²) in [6.45, 7) is 2.86. The average Bonchev–Trinajstić information content (AvgIpc) is 2.42. The molecule has 0 unspecified atom stereocenters. The van der Waals surface area contributed by atoms with Crippen LogP contribution in [0.25, 0.3) is 0 Å². The van der Waals surface area contributed by atoms with Gasteiger partial charge in [-0.1, -0.05) is 11.8 Å². The van der Waals surface area contributed by atoms with Crippen LogP contribution in [0.2, 0.25) is 0 Å². The summed E-state index contributed by atoms with van der Waals surface area (Å²) >= 11 is 0. The molecule has 2 N–H and O–H groups in total. The molecule has 0 saturated heterocycles. The Hall–Kier alpha value is -1.99. The highest BCUT2D eigenvalue weighted by Gasteiger charge is 2.12. The number of benzene rings is 1. The Morgan fingerprint density at radius 3 is 2.78 bits per heavy atom. The minimum atomic E-state index is -0.0315. The molecule has 0 aliphatic heterocycles. The van der Waals surface area contributed by atoms with Gasteiger partial charge in [0.15, 0.2) is 0 Å². The van der Waals surface area contributed by atoms with Crippen LogP contribution in [0.3, 0.4) is 0 Å². The number of nitrogens with two attached hydrogens (primary N) is 1. The van der Waals surface area contributed by atoms with E-state index in [0.717, 1.165) is 0 Å². The van der Waals surface area contributed by atoms with E-state index in [1.807, 2.05) is 6.92 Å². The summed E-state index contributed by atoms with van der Waals surface area (Å²) < 4.78 is 5.20. The second-order valence-electron chi connectivity index (χ2n) is 3.74. The molecule has 0 heterocycles. The molecular weight excluding hydrogens is 228 g/mol. The Morgan fingerprint density at radius 1 is 1.50 bits per heavy atom. The van der Waals surface area contributed by atoms with Crippen LogP contribution in [-0.2, 0) is 0 Å². The number of hydrogen-bond donors (Lipinski definition) is 1. The standard InChI is InChI=1S/C14H18N2O2/c1-4-16(2)14(17)12-7-8-13(18-3)11(10-12)6-5-9-15/h7-8,10H,4,9,15H2,1-3H3. The van der Waals surface area contributed by atoms with Crippen molar-refractivity contribution in [2.75, 3.05) is 27.2 Å². The monoisotopic (exact) mass is 246 g/mol. The number of hydrogen-bond acceptors (Lipinski definition) is 3. The van der Waals surface area contributed by atoms with Gasteiger partial charge in [-0.3, -0.25) is 4.79 Å². The number of carbonyl (C=O) groups is 1. The normalized spacial score (nSPS) is 9.33. The summed E-state index contributed by atoms with van der Waals surface area (Å²) in [5, 5.41) is 0. The second kappa shape index (κ2) is 6.67. The van der Waals surface area contributed by atoms with Gasteiger partial charge in [0.2, 0.25) is 0 Å². The topological polar surface area (TPSA) is 55.6 Å². The van der Waals surface area contributed by atoms with E-state index in [9.17, 15) is 4.79 Å². The Morgan fingerprint density at radius 2 is 2.22 bits per heavy atom. The number of ether oxygens (including phenoxy) is 1. The molecule has 1 aromatic carbocycles. The van der Waals surface area contributed by atoms with Gasteiger partial charge in [-0.25, -0.2) is 0 Å². The third-order valence-corrected chi connectivity index (χ3v) is 2.59. The van der Waals surface area contributed by atoms with Crippen molar-refractivity contribution in [2.45, 2.75) is 6.92 Å². The Bertz CT molecular complexity index is 486. The minimum Gasteiger partial charge on any atom is -0.495 e. The molecule has 0 aromatic heterocycles. The summed E-state index contributed by atoms with van der Waals surface area (Å²) in [5.41, 5.74) is 6.62. The first-order valence-corrected chi connectivity index (χ1v) is 5.76. The van der Waals surface area contributed by atoms with Crippen molar-refractivity contribution in [3.63, 3.8) is 0 Å². The fraction of sp³-hybridized carbons (Fsp3) is 0.357. The van der Waals surface area contributed by atoms with Crippen LogP contribution in [0.5, 0.6) is 5.75 Å². The first-order valence-electron chi connectivity index (χ1n) is 5.76. The summed E-state index contributed by atoms with van der Waals surface area (Å²) in [6, 6.07) is 5.22. The Balaban J connectivity index is 3.14. The van der Waals surface area contributed by atoms with Gasteiger partial charge < -0.3 is 15.4 Å². The zero-order chi connectivity index (χ0) is 13.5. The van der Waals surface area contributed by atoms with Crippen molar-refractivity contribution in [3.8, 4) is 17.6 Å². The smallest absolute Gasteiger partial charge is 0.253 e. The maximum absolute atomic E-state index is 12.0. The molecule has 1 rings (SSSR count). The van der Waals surface area contributed by atoms with Crippen LogP contribution in [0.1, 0.15) is 22.8 Å². The molecule has 18 heavy (non-hydrogen) atoms. The van der Waals surface area contributed by atoms with Gasteiger partial charge in [-0.05, 0) is 25.1 Å². The van der Waals surface area contributed by atoms with Gasteiger partial charge in [0.25, 0.3) is 5.91 Å². The van der Waals surface area contributed by atoms with Crippen LogP contribution < -0.4 is 10.5 Å².